The summed E-state index contributed by atoms with van der Waals surface area (Å²) < 4.78 is 25.2. The molecule has 1 N–H and O–H groups in total. The standard InChI is InChI=1S/C26H21N3O3S/c1-33(31,32)22-14-12-18(13-15-22)21-16-23-25(27-17-21)29(26(30)28-23)24(19-8-4-2-5-9-19)20-10-6-3-7-11-20/h2-17,24H,1H3,(H,28,30). The van der Waals surface area contributed by atoms with E-state index < -0.39 is 9.84 Å². The van der Waals surface area contributed by atoms with Crippen LogP contribution in [-0.2, 0) is 9.84 Å². The molecule has 6 nitrogen and oxygen atoms in total. The van der Waals surface area contributed by atoms with Gasteiger partial charge in [-0.25, -0.2) is 18.2 Å². The lowest BCUT2D eigenvalue weighted by molar-refractivity contribution is 0.602. The van der Waals surface area contributed by atoms with Gasteiger partial charge in [0.1, 0.15) is 0 Å². The van der Waals surface area contributed by atoms with E-state index in [9.17, 15) is 13.2 Å². The van der Waals surface area contributed by atoms with Crippen molar-refractivity contribution < 1.29 is 8.42 Å². The van der Waals surface area contributed by atoms with Crippen molar-refractivity contribution in [3.8, 4) is 11.1 Å². The van der Waals surface area contributed by atoms with E-state index in [4.69, 9.17) is 0 Å². The van der Waals surface area contributed by atoms with Crippen LogP contribution >= 0.6 is 0 Å². The summed E-state index contributed by atoms with van der Waals surface area (Å²) in [7, 11) is -3.27. The Hall–Kier alpha value is -3.97. The number of hydrogen-bond donors (Lipinski definition) is 1. The molecule has 164 valence electrons. The first kappa shape index (κ1) is 20.9. The summed E-state index contributed by atoms with van der Waals surface area (Å²) >= 11 is 0. The molecule has 0 aliphatic heterocycles. The molecule has 0 bridgehead atoms. The maximum absolute atomic E-state index is 13.1. The van der Waals surface area contributed by atoms with E-state index in [1.807, 2.05) is 66.7 Å². The van der Waals surface area contributed by atoms with Crippen LogP contribution in [0.4, 0.5) is 0 Å². The van der Waals surface area contributed by atoms with E-state index >= 15 is 0 Å². The minimum absolute atomic E-state index is 0.250. The Morgan fingerprint density at radius 1 is 0.818 bits per heavy atom. The van der Waals surface area contributed by atoms with Gasteiger partial charge in [0.15, 0.2) is 15.5 Å². The van der Waals surface area contributed by atoms with Gasteiger partial charge in [0.25, 0.3) is 0 Å². The molecule has 3 aromatic carbocycles. The van der Waals surface area contributed by atoms with Crippen LogP contribution in [0.3, 0.4) is 0 Å². The first-order valence-corrected chi connectivity index (χ1v) is 12.3. The molecule has 2 heterocycles. The number of sulfone groups is 1. The Morgan fingerprint density at radius 2 is 1.39 bits per heavy atom. The molecule has 7 heteroatoms. The van der Waals surface area contributed by atoms with Gasteiger partial charge < -0.3 is 4.98 Å². The van der Waals surface area contributed by atoms with Gasteiger partial charge in [-0.2, -0.15) is 0 Å². The van der Waals surface area contributed by atoms with Gasteiger partial charge in [-0.3, -0.25) is 4.57 Å². The summed E-state index contributed by atoms with van der Waals surface area (Å²) in [5.74, 6) is 0. The van der Waals surface area contributed by atoms with Crippen molar-refractivity contribution in [2.45, 2.75) is 10.9 Å². The highest BCUT2D eigenvalue weighted by Crippen LogP contribution is 2.29. The molecule has 0 aliphatic carbocycles. The molecule has 0 amide bonds. The highest BCUT2D eigenvalue weighted by atomic mass is 32.2. The molecule has 0 fully saturated rings. The van der Waals surface area contributed by atoms with Crippen molar-refractivity contribution in [2.24, 2.45) is 0 Å². The Balaban J connectivity index is 1.64. The highest BCUT2D eigenvalue weighted by Gasteiger charge is 2.22. The molecular weight excluding hydrogens is 434 g/mol. The van der Waals surface area contributed by atoms with Crippen molar-refractivity contribution in [3.05, 3.63) is 119 Å². The third-order valence-electron chi connectivity index (χ3n) is 5.66. The monoisotopic (exact) mass is 455 g/mol. The van der Waals surface area contributed by atoms with E-state index in [1.54, 1.807) is 35.0 Å². The molecule has 0 aliphatic rings. The predicted molar refractivity (Wildman–Crippen MR) is 129 cm³/mol. The molecule has 0 radical (unpaired) electrons. The Bertz CT molecular complexity index is 1550. The molecule has 0 atom stereocenters. The van der Waals surface area contributed by atoms with Crippen LogP contribution in [0, 0.1) is 0 Å². The van der Waals surface area contributed by atoms with Crippen LogP contribution < -0.4 is 5.69 Å². The van der Waals surface area contributed by atoms with E-state index in [1.165, 1.54) is 6.26 Å². The molecule has 0 unspecified atom stereocenters. The summed E-state index contributed by atoms with van der Waals surface area (Å²) in [6.45, 7) is 0. The second-order valence-corrected chi connectivity index (χ2v) is 9.93. The topological polar surface area (TPSA) is 84.8 Å². The third-order valence-corrected chi connectivity index (χ3v) is 6.79. The zero-order valence-corrected chi connectivity index (χ0v) is 18.7. The smallest absolute Gasteiger partial charge is 0.304 e. The maximum atomic E-state index is 13.1. The lowest BCUT2D eigenvalue weighted by atomic mass is 9.98. The average molecular weight is 456 g/mol. The van der Waals surface area contributed by atoms with Gasteiger partial charge in [0.2, 0.25) is 0 Å². The van der Waals surface area contributed by atoms with E-state index in [2.05, 4.69) is 9.97 Å². The number of hydrogen-bond acceptors (Lipinski definition) is 4. The fourth-order valence-electron chi connectivity index (χ4n) is 4.07. The number of aromatic amines is 1. The number of fused-ring (bicyclic) bond motifs is 1. The van der Waals surface area contributed by atoms with Crippen LogP contribution in [0.1, 0.15) is 17.2 Å². The van der Waals surface area contributed by atoms with Gasteiger partial charge >= 0.3 is 5.69 Å². The first-order chi connectivity index (χ1) is 15.9. The van der Waals surface area contributed by atoms with Crippen molar-refractivity contribution in [2.75, 3.05) is 6.26 Å². The Morgan fingerprint density at radius 3 is 1.94 bits per heavy atom. The summed E-state index contributed by atoms with van der Waals surface area (Å²) in [5, 5.41) is 0. The molecular formula is C26H21N3O3S. The van der Waals surface area contributed by atoms with Crippen LogP contribution in [0.15, 0.2) is 107 Å². The maximum Gasteiger partial charge on any atom is 0.328 e. The number of nitrogens with zero attached hydrogens (tertiary/aromatic N) is 2. The number of aromatic nitrogens is 3. The molecule has 2 aromatic heterocycles. The van der Waals surface area contributed by atoms with Gasteiger partial charge in [-0.1, -0.05) is 72.8 Å². The Kier molecular flexibility index (Phi) is 5.18. The SMILES string of the molecule is CS(=O)(=O)c1ccc(-c2cnc3c(c2)[nH]c(=O)n3C(c2ccccc2)c2ccccc2)cc1. The van der Waals surface area contributed by atoms with E-state index in [0.717, 1.165) is 22.3 Å². The summed E-state index contributed by atoms with van der Waals surface area (Å²) in [4.78, 5) is 21.0. The first-order valence-electron chi connectivity index (χ1n) is 10.4. The summed E-state index contributed by atoms with van der Waals surface area (Å²) in [6.07, 6.45) is 2.88. The fraction of sp³-hybridized carbons (Fsp3) is 0.0769. The van der Waals surface area contributed by atoms with Gasteiger partial charge in [-0.05, 0) is 34.9 Å². The van der Waals surface area contributed by atoms with Gasteiger partial charge in [0.05, 0.1) is 16.5 Å². The third kappa shape index (κ3) is 3.99. The number of nitrogens with one attached hydrogen (secondary N) is 1. The van der Waals surface area contributed by atoms with Crippen LogP contribution in [0.5, 0.6) is 0 Å². The highest BCUT2D eigenvalue weighted by molar-refractivity contribution is 7.90. The van der Waals surface area contributed by atoms with E-state index in [-0.39, 0.29) is 16.6 Å². The van der Waals surface area contributed by atoms with Crippen molar-refractivity contribution in [1.82, 2.24) is 14.5 Å². The summed E-state index contributed by atoms with van der Waals surface area (Å²) in [5.41, 5.74) is 4.47. The number of rotatable bonds is 5. The lowest BCUT2D eigenvalue weighted by Gasteiger charge is -2.19. The second-order valence-electron chi connectivity index (χ2n) is 7.92. The number of pyridine rings is 1. The number of H-pyrrole nitrogens is 1. The number of benzene rings is 3. The molecule has 5 aromatic rings. The zero-order valence-electron chi connectivity index (χ0n) is 17.8. The average Bonchev–Trinajstić information content (AvgIpc) is 3.15. The van der Waals surface area contributed by atoms with Crippen LogP contribution in [0.25, 0.3) is 22.3 Å². The largest absolute Gasteiger partial charge is 0.328 e. The molecule has 33 heavy (non-hydrogen) atoms. The minimum atomic E-state index is -3.27. The quantitative estimate of drug-likeness (QED) is 0.425. The molecule has 0 saturated carbocycles. The van der Waals surface area contributed by atoms with Crippen molar-refractivity contribution in [3.63, 3.8) is 0 Å². The molecule has 5 rings (SSSR count). The van der Waals surface area contributed by atoms with Crippen LogP contribution in [0.2, 0.25) is 0 Å². The van der Waals surface area contributed by atoms with Crippen molar-refractivity contribution in [1.29, 1.82) is 0 Å². The lowest BCUT2D eigenvalue weighted by Crippen LogP contribution is -2.24. The molecule has 0 spiro atoms. The number of imidazole rings is 1. The van der Waals surface area contributed by atoms with E-state index in [0.29, 0.717) is 11.2 Å². The van der Waals surface area contributed by atoms with Gasteiger partial charge in [0, 0.05) is 18.0 Å². The molecule has 0 saturated heterocycles. The Labute approximate surface area is 191 Å². The minimum Gasteiger partial charge on any atom is -0.304 e. The fourth-order valence-corrected chi connectivity index (χ4v) is 4.70. The normalized spacial score (nSPS) is 11.8. The van der Waals surface area contributed by atoms with Gasteiger partial charge in [-0.15, -0.1) is 0 Å². The zero-order chi connectivity index (χ0) is 23.0. The van der Waals surface area contributed by atoms with Crippen molar-refractivity contribution >= 4 is 21.0 Å². The van der Waals surface area contributed by atoms with Crippen LogP contribution in [-0.4, -0.2) is 29.2 Å². The summed E-state index contributed by atoms with van der Waals surface area (Å²) in [6, 6.07) is 27.9. The predicted octanol–water partition coefficient (Wildman–Crippen LogP) is 4.43. The second kappa shape index (κ2) is 8.18.